The highest BCUT2D eigenvalue weighted by Gasteiger charge is 2.36. The van der Waals surface area contributed by atoms with Crippen LogP contribution in [-0.2, 0) is 35.1 Å². The molecule has 12 heteroatoms. The van der Waals surface area contributed by atoms with Crippen molar-refractivity contribution in [1.82, 2.24) is 20.9 Å². The van der Waals surface area contributed by atoms with E-state index >= 15 is 0 Å². The lowest BCUT2D eigenvalue weighted by Crippen LogP contribution is -2.59. The van der Waals surface area contributed by atoms with Gasteiger partial charge in [0.25, 0.3) is 5.91 Å². The van der Waals surface area contributed by atoms with Gasteiger partial charge in [-0.1, -0.05) is 30.3 Å². The van der Waals surface area contributed by atoms with Crippen LogP contribution in [0.15, 0.2) is 36.5 Å². The summed E-state index contributed by atoms with van der Waals surface area (Å²) in [6, 6.07) is 5.69. The predicted octanol–water partition coefficient (Wildman–Crippen LogP) is 0.849. The van der Waals surface area contributed by atoms with Crippen LogP contribution in [0.25, 0.3) is 0 Å². The Kier molecular flexibility index (Phi) is 11.7. The number of ether oxygens (including phenoxy) is 2. The molecule has 3 N–H and O–H groups in total. The van der Waals surface area contributed by atoms with Crippen LogP contribution in [0.2, 0.25) is 0 Å². The van der Waals surface area contributed by atoms with E-state index in [-0.39, 0.29) is 19.6 Å². The lowest BCUT2D eigenvalue weighted by Gasteiger charge is -2.27. The number of hydrogen-bond acceptors (Lipinski definition) is 9. The second kappa shape index (κ2) is 14.5. The molecular formula is C26H34N4O7S. The van der Waals surface area contributed by atoms with Crippen LogP contribution in [0.5, 0.6) is 0 Å². The molecule has 0 fully saturated rings. The third kappa shape index (κ3) is 8.82. The number of aromatic nitrogens is 1. The summed E-state index contributed by atoms with van der Waals surface area (Å²) in [6.45, 7) is 4.34. The Hall–Kier alpha value is -3.48. The number of Topliss-reactive ketones (excluding diaryl/α,β-unsaturated/α-hetero) is 1. The van der Waals surface area contributed by atoms with E-state index in [4.69, 9.17) is 9.47 Å². The highest BCUT2D eigenvalue weighted by Crippen LogP contribution is 2.18. The molecule has 3 atom stereocenters. The number of hydrogen-bond donors (Lipinski definition) is 3. The van der Waals surface area contributed by atoms with E-state index in [0.717, 1.165) is 5.56 Å². The van der Waals surface area contributed by atoms with Gasteiger partial charge in [-0.25, -0.2) is 4.98 Å². The van der Waals surface area contributed by atoms with Crippen LogP contribution in [-0.4, -0.2) is 80.3 Å². The summed E-state index contributed by atoms with van der Waals surface area (Å²) >= 11 is 1.17. The maximum absolute atomic E-state index is 13.2. The van der Waals surface area contributed by atoms with Crippen molar-refractivity contribution in [2.45, 2.75) is 45.3 Å². The van der Waals surface area contributed by atoms with Crippen molar-refractivity contribution in [3.05, 3.63) is 52.0 Å². The van der Waals surface area contributed by atoms with E-state index in [0.29, 0.717) is 16.2 Å². The third-order valence-electron chi connectivity index (χ3n) is 5.61. The van der Waals surface area contributed by atoms with Gasteiger partial charge in [0.1, 0.15) is 23.2 Å². The Morgan fingerprint density at radius 3 is 2.00 bits per heavy atom. The normalized spacial score (nSPS) is 13.6. The number of carbonyl (C=O) groups is 5. The standard InChI is InChI=1S/C26H34N4O7S/c1-16-27-12-21(38-16)25(35)30-20(14-37-5)24(34)29-19(13-36-4)23(33)28-18(22(32)26(2,3)15-31)11-17-9-7-6-8-10-17/h6-10,12,15,18-20H,11,13-14H2,1-5H3,(H,28,33)(H,29,34)(H,30,35)/t18-,19-,20-/m0/s1. The van der Waals surface area contributed by atoms with E-state index in [2.05, 4.69) is 20.9 Å². The Bertz CT molecular complexity index is 1120. The van der Waals surface area contributed by atoms with Crippen molar-refractivity contribution in [3.63, 3.8) is 0 Å². The molecule has 1 aromatic carbocycles. The van der Waals surface area contributed by atoms with Crippen LogP contribution in [0.3, 0.4) is 0 Å². The number of methoxy groups -OCH3 is 2. The zero-order valence-corrected chi connectivity index (χ0v) is 22.9. The lowest BCUT2D eigenvalue weighted by molar-refractivity contribution is -0.138. The first kappa shape index (κ1) is 30.7. The molecule has 0 bridgehead atoms. The van der Waals surface area contributed by atoms with Gasteiger partial charge in [0.2, 0.25) is 11.8 Å². The fourth-order valence-electron chi connectivity index (χ4n) is 3.51. The van der Waals surface area contributed by atoms with Crippen molar-refractivity contribution in [3.8, 4) is 0 Å². The van der Waals surface area contributed by atoms with Gasteiger partial charge in [0.05, 0.1) is 35.9 Å². The summed E-state index contributed by atoms with van der Waals surface area (Å²) in [5, 5.41) is 8.50. The van der Waals surface area contributed by atoms with Crippen molar-refractivity contribution >= 4 is 41.1 Å². The zero-order valence-electron chi connectivity index (χ0n) is 22.1. The van der Waals surface area contributed by atoms with Gasteiger partial charge in [0, 0.05) is 14.2 Å². The number of aldehydes is 1. The number of ketones is 1. The quantitative estimate of drug-likeness (QED) is 0.220. The smallest absolute Gasteiger partial charge is 0.263 e. The van der Waals surface area contributed by atoms with Gasteiger partial charge in [-0.05, 0) is 32.8 Å². The lowest BCUT2D eigenvalue weighted by atomic mass is 9.83. The fourth-order valence-corrected chi connectivity index (χ4v) is 4.19. The first-order valence-corrected chi connectivity index (χ1v) is 12.7. The Labute approximate surface area is 225 Å². The maximum Gasteiger partial charge on any atom is 0.263 e. The first-order chi connectivity index (χ1) is 18.0. The molecule has 0 saturated heterocycles. The van der Waals surface area contributed by atoms with E-state index in [1.165, 1.54) is 45.6 Å². The van der Waals surface area contributed by atoms with Crippen molar-refractivity contribution in [2.24, 2.45) is 5.41 Å². The third-order valence-corrected chi connectivity index (χ3v) is 6.52. The highest BCUT2D eigenvalue weighted by atomic mass is 32.1. The summed E-state index contributed by atoms with van der Waals surface area (Å²) in [5.74, 6) is -2.35. The van der Waals surface area contributed by atoms with Crippen LogP contribution < -0.4 is 16.0 Å². The minimum Gasteiger partial charge on any atom is -0.382 e. The average Bonchev–Trinajstić information content (AvgIpc) is 3.34. The summed E-state index contributed by atoms with van der Waals surface area (Å²) in [4.78, 5) is 67.9. The molecule has 0 saturated carbocycles. The molecule has 38 heavy (non-hydrogen) atoms. The molecule has 0 radical (unpaired) electrons. The Balaban J connectivity index is 2.19. The van der Waals surface area contributed by atoms with Crippen molar-refractivity contribution < 1.29 is 33.4 Å². The molecule has 0 aliphatic rings. The number of rotatable bonds is 15. The zero-order chi connectivity index (χ0) is 28.3. The van der Waals surface area contributed by atoms with E-state index in [1.807, 2.05) is 6.07 Å². The van der Waals surface area contributed by atoms with E-state index in [1.54, 1.807) is 31.2 Å². The van der Waals surface area contributed by atoms with Gasteiger partial charge >= 0.3 is 0 Å². The maximum atomic E-state index is 13.2. The average molecular weight is 547 g/mol. The molecule has 206 valence electrons. The number of thiazole rings is 1. The summed E-state index contributed by atoms with van der Waals surface area (Å²) in [5.41, 5.74) is -0.559. The molecule has 0 spiro atoms. The fraction of sp³-hybridized carbons (Fsp3) is 0.462. The minimum absolute atomic E-state index is 0.146. The number of carbonyl (C=O) groups excluding carboxylic acids is 5. The summed E-state index contributed by atoms with van der Waals surface area (Å²) in [7, 11) is 2.73. The Morgan fingerprint density at radius 2 is 1.50 bits per heavy atom. The number of nitrogens with one attached hydrogen (secondary N) is 3. The monoisotopic (exact) mass is 546 g/mol. The largest absolute Gasteiger partial charge is 0.382 e. The van der Waals surface area contributed by atoms with Crippen LogP contribution in [0.1, 0.15) is 34.1 Å². The van der Waals surface area contributed by atoms with Gasteiger partial charge < -0.3 is 30.2 Å². The molecule has 0 aliphatic carbocycles. The molecular weight excluding hydrogens is 512 g/mol. The molecule has 0 unspecified atom stereocenters. The number of benzene rings is 1. The van der Waals surface area contributed by atoms with Crippen LogP contribution in [0.4, 0.5) is 0 Å². The molecule has 3 amide bonds. The number of aryl methyl sites for hydroxylation is 1. The molecule has 2 rings (SSSR count). The topological polar surface area (TPSA) is 153 Å². The highest BCUT2D eigenvalue weighted by molar-refractivity contribution is 7.13. The number of nitrogens with zero attached hydrogens (tertiary/aromatic N) is 1. The van der Waals surface area contributed by atoms with Gasteiger partial charge in [-0.3, -0.25) is 19.2 Å². The molecule has 2 aromatic rings. The molecule has 1 aromatic heterocycles. The van der Waals surface area contributed by atoms with Crippen LogP contribution in [0, 0.1) is 12.3 Å². The van der Waals surface area contributed by atoms with Crippen molar-refractivity contribution in [2.75, 3.05) is 27.4 Å². The van der Waals surface area contributed by atoms with Gasteiger partial charge in [-0.15, -0.1) is 11.3 Å². The van der Waals surface area contributed by atoms with Crippen molar-refractivity contribution in [1.29, 1.82) is 0 Å². The SMILES string of the molecule is COC[C@H](NC(=O)c1cnc(C)s1)C(=O)N[C@@H](COC)C(=O)N[C@@H](Cc1ccccc1)C(=O)C(C)(C)C=O. The summed E-state index contributed by atoms with van der Waals surface area (Å²) < 4.78 is 10.2. The first-order valence-electron chi connectivity index (χ1n) is 11.9. The predicted molar refractivity (Wildman–Crippen MR) is 141 cm³/mol. The summed E-state index contributed by atoms with van der Waals surface area (Å²) in [6.07, 6.45) is 2.09. The van der Waals surface area contributed by atoms with E-state index in [9.17, 15) is 24.0 Å². The van der Waals surface area contributed by atoms with Gasteiger partial charge in [-0.2, -0.15) is 0 Å². The second-order valence-electron chi connectivity index (χ2n) is 9.20. The molecule has 1 heterocycles. The van der Waals surface area contributed by atoms with Gasteiger partial charge in [0.15, 0.2) is 5.78 Å². The molecule has 11 nitrogen and oxygen atoms in total. The van der Waals surface area contributed by atoms with Crippen LogP contribution >= 0.6 is 11.3 Å². The molecule has 0 aliphatic heterocycles. The number of amides is 3. The minimum atomic E-state index is -1.34. The van der Waals surface area contributed by atoms with E-state index < -0.39 is 47.0 Å². The second-order valence-corrected chi connectivity index (χ2v) is 10.4. The Morgan fingerprint density at radius 1 is 0.947 bits per heavy atom.